The summed E-state index contributed by atoms with van der Waals surface area (Å²) in [4.78, 5) is 27.8. The van der Waals surface area contributed by atoms with Gasteiger partial charge in [-0.05, 0) is 57.0 Å². The van der Waals surface area contributed by atoms with Crippen LogP contribution in [-0.4, -0.2) is 28.3 Å². The summed E-state index contributed by atoms with van der Waals surface area (Å²) in [6.07, 6.45) is 2.23. The largest absolute Gasteiger partial charge is 0.370 e. The lowest BCUT2D eigenvalue weighted by molar-refractivity contribution is 0.262. The molecule has 2 aromatic carbocycles. The van der Waals surface area contributed by atoms with Gasteiger partial charge in [0, 0.05) is 36.9 Å². The Morgan fingerprint density at radius 1 is 1.00 bits per heavy atom. The van der Waals surface area contributed by atoms with Crippen LogP contribution in [-0.2, 0) is 13.1 Å². The standard InChI is InChI=1S/C22H26ClN5O2/c1-3-27-19-13-17(25-21(29)24-16-9-7-8-15(23)12-16)18(26-10-5-6-11-26)14-20(19)28(4-2)22(27)30/h7-9,12-14H,3-6,10-11H2,1-2H3,(H2,24,25,29). The molecule has 1 aliphatic rings. The highest BCUT2D eigenvalue weighted by atomic mass is 35.5. The Hall–Kier alpha value is -2.93. The average Bonchev–Trinajstić information content (AvgIpc) is 3.32. The number of aryl methyl sites for hydroxylation is 2. The molecule has 2 N–H and O–H groups in total. The van der Waals surface area contributed by atoms with Gasteiger partial charge in [-0.15, -0.1) is 0 Å². The van der Waals surface area contributed by atoms with E-state index in [-0.39, 0.29) is 11.7 Å². The van der Waals surface area contributed by atoms with Gasteiger partial charge < -0.3 is 15.5 Å². The van der Waals surface area contributed by atoms with Gasteiger partial charge in [0.15, 0.2) is 0 Å². The quantitative estimate of drug-likeness (QED) is 0.617. The predicted molar refractivity (Wildman–Crippen MR) is 123 cm³/mol. The third-order valence-corrected chi connectivity index (χ3v) is 5.78. The number of carbonyl (C=O) groups excluding carboxylic acids is 1. The van der Waals surface area contributed by atoms with E-state index in [1.54, 1.807) is 33.4 Å². The Kier molecular flexibility index (Phi) is 5.72. The van der Waals surface area contributed by atoms with Crippen LogP contribution in [0.4, 0.5) is 21.9 Å². The van der Waals surface area contributed by atoms with Crippen LogP contribution in [0.25, 0.3) is 11.0 Å². The molecule has 0 bridgehead atoms. The van der Waals surface area contributed by atoms with Crippen LogP contribution < -0.4 is 21.2 Å². The third kappa shape index (κ3) is 3.77. The maximum atomic E-state index is 12.8. The molecule has 0 radical (unpaired) electrons. The summed E-state index contributed by atoms with van der Waals surface area (Å²) in [5, 5.41) is 6.37. The highest BCUT2D eigenvalue weighted by molar-refractivity contribution is 6.30. The number of amides is 2. The number of urea groups is 1. The Bertz CT molecular complexity index is 1140. The van der Waals surface area contributed by atoms with E-state index in [9.17, 15) is 9.59 Å². The van der Waals surface area contributed by atoms with Gasteiger partial charge >= 0.3 is 11.7 Å². The number of anilines is 3. The van der Waals surface area contributed by atoms with Gasteiger partial charge in [-0.1, -0.05) is 17.7 Å². The number of hydrogen-bond acceptors (Lipinski definition) is 3. The molecular formula is C22H26ClN5O2. The van der Waals surface area contributed by atoms with Gasteiger partial charge in [-0.2, -0.15) is 0 Å². The van der Waals surface area contributed by atoms with Crippen molar-refractivity contribution in [3.05, 3.63) is 51.9 Å². The van der Waals surface area contributed by atoms with Gasteiger partial charge in [0.25, 0.3) is 0 Å². The van der Waals surface area contributed by atoms with Crippen LogP contribution in [0, 0.1) is 0 Å². The fourth-order valence-electron chi connectivity index (χ4n) is 4.13. The molecule has 0 atom stereocenters. The second kappa shape index (κ2) is 8.44. The van der Waals surface area contributed by atoms with Crippen LogP contribution in [0.1, 0.15) is 26.7 Å². The van der Waals surface area contributed by atoms with Crippen molar-refractivity contribution in [2.75, 3.05) is 28.6 Å². The van der Waals surface area contributed by atoms with Gasteiger partial charge in [0.05, 0.1) is 22.4 Å². The zero-order valence-electron chi connectivity index (χ0n) is 17.2. The Morgan fingerprint density at radius 2 is 1.67 bits per heavy atom. The number of halogens is 1. The van der Waals surface area contributed by atoms with Crippen LogP contribution in [0.2, 0.25) is 5.02 Å². The third-order valence-electron chi connectivity index (χ3n) is 5.55. The van der Waals surface area contributed by atoms with Crippen molar-refractivity contribution in [2.24, 2.45) is 0 Å². The van der Waals surface area contributed by atoms with Crippen molar-refractivity contribution < 1.29 is 4.79 Å². The zero-order valence-corrected chi connectivity index (χ0v) is 18.0. The first-order chi connectivity index (χ1) is 14.5. The monoisotopic (exact) mass is 427 g/mol. The van der Waals surface area contributed by atoms with E-state index in [0.717, 1.165) is 42.7 Å². The van der Waals surface area contributed by atoms with E-state index in [1.807, 2.05) is 26.0 Å². The lowest BCUT2D eigenvalue weighted by atomic mass is 10.2. The zero-order chi connectivity index (χ0) is 21.3. The van der Waals surface area contributed by atoms with Gasteiger partial charge in [-0.3, -0.25) is 9.13 Å². The average molecular weight is 428 g/mol. The summed E-state index contributed by atoms with van der Waals surface area (Å²) in [6, 6.07) is 10.6. The molecule has 8 heteroatoms. The molecule has 0 unspecified atom stereocenters. The number of nitrogens with zero attached hydrogens (tertiary/aromatic N) is 3. The molecule has 3 aromatic rings. The number of rotatable bonds is 5. The minimum Gasteiger partial charge on any atom is -0.370 e. The smallest absolute Gasteiger partial charge is 0.329 e. The van der Waals surface area contributed by atoms with Gasteiger partial charge in [0.2, 0.25) is 0 Å². The molecule has 30 heavy (non-hydrogen) atoms. The minimum absolute atomic E-state index is 0.0251. The molecule has 4 rings (SSSR count). The van der Waals surface area contributed by atoms with Crippen molar-refractivity contribution in [1.29, 1.82) is 0 Å². The van der Waals surface area contributed by atoms with E-state index in [4.69, 9.17) is 11.6 Å². The second-order valence-electron chi connectivity index (χ2n) is 7.41. The molecule has 1 aromatic heterocycles. The Balaban J connectivity index is 1.75. The van der Waals surface area contributed by atoms with Crippen molar-refractivity contribution in [1.82, 2.24) is 9.13 Å². The highest BCUT2D eigenvalue weighted by Crippen LogP contribution is 2.33. The molecule has 7 nitrogen and oxygen atoms in total. The SMILES string of the molecule is CCn1c(=O)n(CC)c2cc(N3CCCC3)c(NC(=O)Nc3cccc(Cl)c3)cc21. The molecule has 158 valence electrons. The lowest BCUT2D eigenvalue weighted by Gasteiger charge is -2.22. The summed E-state index contributed by atoms with van der Waals surface area (Å²) < 4.78 is 3.53. The van der Waals surface area contributed by atoms with E-state index >= 15 is 0 Å². The maximum Gasteiger partial charge on any atom is 0.329 e. The van der Waals surface area contributed by atoms with E-state index < -0.39 is 0 Å². The first-order valence-corrected chi connectivity index (χ1v) is 10.7. The summed E-state index contributed by atoms with van der Waals surface area (Å²) in [6.45, 7) is 6.96. The number of imidazole rings is 1. The Morgan fingerprint density at radius 3 is 2.30 bits per heavy atom. The number of fused-ring (bicyclic) bond motifs is 1. The van der Waals surface area contributed by atoms with Crippen LogP contribution >= 0.6 is 11.6 Å². The number of carbonyl (C=O) groups is 1. The lowest BCUT2D eigenvalue weighted by Crippen LogP contribution is -2.24. The van der Waals surface area contributed by atoms with Crippen LogP contribution in [0.5, 0.6) is 0 Å². The number of aromatic nitrogens is 2. The van der Waals surface area contributed by atoms with E-state index in [1.165, 1.54) is 0 Å². The second-order valence-corrected chi connectivity index (χ2v) is 7.85. The molecule has 0 saturated carbocycles. The molecule has 1 fully saturated rings. The number of benzene rings is 2. The summed E-state index contributed by atoms with van der Waals surface area (Å²) in [5.74, 6) is 0. The molecule has 2 amide bonds. The first kappa shape index (κ1) is 20.3. The number of nitrogens with one attached hydrogen (secondary N) is 2. The molecule has 1 saturated heterocycles. The van der Waals surface area contributed by atoms with Crippen molar-refractivity contribution in [3.8, 4) is 0 Å². The van der Waals surface area contributed by atoms with Crippen LogP contribution in [0.15, 0.2) is 41.2 Å². The number of hydrogen-bond donors (Lipinski definition) is 2. The molecule has 0 aliphatic carbocycles. The van der Waals surface area contributed by atoms with Crippen molar-refractivity contribution in [2.45, 2.75) is 39.8 Å². The summed E-state index contributed by atoms with van der Waals surface area (Å²) >= 11 is 6.02. The Labute approximate surface area is 180 Å². The van der Waals surface area contributed by atoms with Crippen molar-refractivity contribution >= 4 is 45.7 Å². The predicted octanol–water partition coefficient (Wildman–Crippen LogP) is 4.74. The van der Waals surface area contributed by atoms with E-state index in [2.05, 4.69) is 15.5 Å². The van der Waals surface area contributed by atoms with Gasteiger partial charge in [-0.25, -0.2) is 9.59 Å². The topological polar surface area (TPSA) is 71.3 Å². The molecule has 1 aliphatic heterocycles. The minimum atomic E-state index is -0.350. The van der Waals surface area contributed by atoms with Gasteiger partial charge in [0.1, 0.15) is 0 Å². The highest BCUT2D eigenvalue weighted by Gasteiger charge is 2.21. The summed E-state index contributed by atoms with van der Waals surface area (Å²) in [7, 11) is 0. The van der Waals surface area contributed by atoms with E-state index in [0.29, 0.717) is 29.5 Å². The maximum absolute atomic E-state index is 12.8. The summed E-state index contributed by atoms with van der Waals surface area (Å²) in [5.41, 5.74) is 3.95. The fourth-order valence-corrected chi connectivity index (χ4v) is 4.32. The molecule has 0 spiro atoms. The fraction of sp³-hybridized carbons (Fsp3) is 0.364. The molecular weight excluding hydrogens is 402 g/mol. The van der Waals surface area contributed by atoms with Crippen LogP contribution in [0.3, 0.4) is 0 Å². The molecule has 2 heterocycles. The normalized spacial score (nSPS) is 13.8. The van der Waals surface area contributed by atoms with Crippen molar-refractivity contribution in [3.63, 3.8) is 0 Å². The first-order valence-electron chi connectivity index (χ1n) is 10.4.